The van der Waals surface area contributed by atoms with Crippen molar-refractivity contribution in [1.29, 1.82) is 0 Å². The Labute approximate surface area is 193 Å². The molecule has 1 rings (SSSR count). The molecule has 0 aromatic rings. The van der Waals surface area contributed by atoms with Gasteiger partial charge in [-0.05, 0) is 26.0 Å². The number of hydrogen-bond acceptors (Lipinski definition) is 10. The van der Waals surface area contributed by atoms with Gasteiger partial charge in [0.1, 0.15) is 13.5 Å². The molecule has 1 saturated heterocycles. The molecule has 1 aliphatic heterocycles. The van der Waals surface area contributed by atoms with Gasteiger partial charge in [-0.1, -0.05) is 0 Å². The van der Waals surface area contributed by atoms with Crippen molar-refractivity contribution in [3.63, 3.8) is 0 Å². The average molecular weight is 461 g/mol. The zero-order valence-corrected chi connectivity index (χ0v) is 20.1. The quantitative estimate of drug-likeness (QED) is 0.398. The van der Waals surface area contributed by atoms with Crippen molar-refractivity contribution in [3.05, 3.63) is 0 Å². The third kappa shape index (κ3) is 18.6. The van der Waals surface area contributed by atoms with Gasteiger partial charge in [0.25, 0.3) is 0 Å². The first-order valence-electron chi connectivity index (χ1n) is 11.7. The Morgan fingerprint density at radius 2 is 1.47 bits per heavy atom. The van der Waals surface area contributed by atoms with E-state index in [1.165, 1.54) is 0 Å². The van der Waals surface area contributed by atoms with Crippen LogP contribution in [0.5, 0.6) is 0 Å². The molecule has 0 aliphatic carbocycles. The van der Waals surface area contributed by atoms with Gasteiger partial charge in [-0.3, -0.25) is 14.7 Å². The zero-order chi connectivity index (χ0) is 23.0. The first kappa shape index (κ1) is 29.1. The Morgan fingerprint density at radius 1 is 0.812 bits per heavy atom. The van der Waals surface area contributed by atoms with E-state index in [0.29, 0.717) is 79.5 Å². The monoisotopic (exact) mass is 460 g/mol. The second-order valence-electron chi connectivity index (χ2n) is 7.17. The smallest absolute Gasteiger partial charge is 0.138 e. The molecular formula is C22H44N4O6. The molecule has 10 nitrogen and oxygen atoms in total. The molecule has 1 fully saturated rings. The molecule has 0 aromatic carbocycles. The Hall–Kier alpha value is -0.980. The van der Waals surface area contributed by atoms with Crippen LogP contribution < -0.4 is 0 Å². The fourth-order valence-corrected chi connectivity index (χ4v) is 2.88. The summed E-state index contributed by atoms with van der Waals surface area (Å²) in [4.78, 5) is 16.1. The molecule has 1 aliphatic rings. The highest BCUT2D eigenvalue weighted by molar-refractivity contribution is 5.56. The van der Waals surface area contributed by atoms with E-state index in [2.05, 4.69) is 14.9 Å². The second-order valence-corrected chi connectivity index (χ2v) is 7.17. The summed E-state index contributed by atoms with van der Waals surface area (Å²) >= 11 is 0. The summed E-state index contributed by atoms with van der Waals surface area (Å²) < 4.78 is 28.4. The predicted octanol–water partition coefficient (Wildman–Crippen LogP) is 1.50. The highest BCUT2D eigenvalue weighted by Gasteiger charge is 2.07. The maximum atomic E-state index is 5.84. The Morgan fingerprint density at radius 3 is 2.16 bits per heavy atom. The van der Waals surface area contributed by atoms with Crippen LogP contribution in [-0.4, -0.2) is 129 Å². The molecule has 0 radical (unpaired) electrons. The van der Waals surface area contributed by atoms with E-state index in [9.17, 15) is 0 Å². The molecule has 32 heavy (non-hydrogen) atoms. The van der Waals surface area contributed by atoms with Crippen molar-refractivity contribution >= 4 is 12.4 Å². The summed E-state index contributed by atoms with van der Waals surface area (Å²) in [5.41, 5.74) is 0. The maximum Gasteiger partial charge on any atom is 0.138 e. The third-order valence-corrected chi connectivity index (χ3v) is 4.57. The van der Waals surface area contributed by atoms with Crippen LogP contribution in [0, 0.1) is 0 Å². The van der Waals surface area contributed by atoms with Gasteiger partial charge < -0.3 is 28.7 Å². The molecule has 188 valence electrons. The molecule has 0 bridgehead atoms. The molecule has 0 saturated carbocycles. The topological polar surface area (TPSA) is 86.6 Å². The van der Waals surface area contributed by atoms with Crippen LogP contribution >= 0.6 is 0 Å². The van der Waals surface area contributed by atoms with E-state index in [0.717, 1.165) is 38.9 Å². The highest BCUT2D eigenvalue weighted by atomic mass is 16.7. The van der Waals surface area contributed by atoms with Crippen molar-refractivity contribution in [1.82, 2.24) is 9.96 Å². The molecule has 10 heteroatoms. The first-order chi connectivity index (χ1) is 15.9. The highest BCUT2D eigenvalue weighted by Crippen LogP contribution is 1.98. The van der Waals surface area contributed by atoms with Gasteiger partial charge in [0, 0.05) is 59.1 Å². The Balaban J connectivity index is 2.36. The minimum Gasteiger partial charge on any atom is -0.379 e. The van der Waals surface area contributed by atoms with Gasteiger partial charge >= 0.3 is 0 Å². The van der Waals surface area contributed by atoms with Gasteiger partial charge in [-0.2, -0.15) is 5.06 Å². The molecule has 0 N–H and O–H groups in total. The molecule has 0 unspecified atom stereocenters. The number of nitrogens with zero attached hydrogens (tertiary/aromatic N) is 4. The lowest BCUT2D eigenvalue weighted by Crippen LogP contribution is -2.32. The van der Waals surface area contributed by atoms with E-state index >= 15 is 0 Å². The fraction of sp³-hybridized carbons (Fsp3) is 0.909. The molecule has 0 spiro atoms. The SMILES string of the molecule is C/C=N/COCN1CCCOCCOCCCN(OCCC=NC)CCOCCOCC1. The lowest BCUT2D eigenvalue weighted by atomic mass is 10.4. The minimum atomic E-state index is 0.377. The van der Waals surface area contributed by atoms with Crippen molar-refractivity contribution in [2.75, 3.05) is 106 Å². The number of hydrogen-bond donors (Lipinski definition) is 0. The van der Waals surface area contributed by atoms with Crippen LogP contribution in [0.4, 0.5) is 0 Å². The Kier molecular flexibility index (Phi) is 21.1. The predicted molar refractivity (Wildman–Crippen MR) is 126 cm³/mol. The van der Waals surface area contributed by atoms with Crippen LogP contribution in [0.2, 0.25) is 0 Å². The fourth-order valence-electron chi connectivity index (χ4n) is 2.88. The molecule has 1 heterocycles. The number of aliphatic imine (C=N–C) groups is 2. The summed E-state index contributed by atoms with van der Waals surface area (Å²) in [6, 6.07) is 0. The molecular weight excluding hydrogens is 416 g/mol. The van der Waals surface area contributed by atoms with Crippen LogP contribution in [0.3, 0.4) is 0 Å². The maximum absolute atomic E-state index is 5.84. The largest absolute Gasteiger partial charge is 0.379 e. The van der Waals surface area contributed by atoms with Crippen molar-refractivity contribution in [2.45, 2.75) is 26.2 Å². The van der Waals surface area contributed by atoms with E-state index in [1.54, 1.807) is 13.3 Å². The van der Waals surface area contributed by atoms with E-state index in [4.69, 9.17) is 28.5 Å². The normalized spacial score (nSPS) is 21.3. The van der Waals surface area contributed by atoms with Gasteiger partial charge in [0.05, 0.1) is 46.2 Å². The van der Waals surface area contributed by atoms with Crippen LogP contribution in [0.25, 0.3) is 0 Å². The lowest BCUT2D eigenvalue weighted by molar-refractivity contribution is -0.167. The Bertz CT molecular complexity index is 416. The molecule has 0 aromatic heterocycles. The summed E-state index contributed by atoms with van der Waals surface area (Å²) in [6.45, 7) is 11.5. The summed E-state index contributed by atoms with van der Waals surface area (Å²) in [7, 11) is 1.77. The molecule has 0 atom stereocenters. The number of rotatable bonds is 8. The first-order valence-corrected chi connectivity index (χ1v) is 11.7. The van der Waals surface area contributed by atoms with Gasteiger partial charge in [-0.25, -0.2) is 0 Å². The van der Waals surface area contributed by atoms with Gasteiger partial charge in [-0.15, -0.1) is 0 Å². The van der Waals surface area contributed by atoms with Gasteiger partial charge in [0.15, 0.2) is 0 Å². The zero-order valence-electron chi connectivity index (χ0n) is 20.1. The second kappa shape index (κ2) is 23.2. The summed E-state index contributed by atoms with van der Waals surface area (Å²) in [5, 5.41) is 1.95. The van der Waals surface area contributed by atoms with Crippen molar-refractivity contribution < 1.29 is 28.5 Å². The van der Waals surface area contributed by atoms with Crippen molar-refractivity contribution in [2.24, 2.45) is 9.98 Å². The molecule has 0 amide bonds. The minimum absolute atomic E-state index is 0.377. The number of ether oxygens (including phenoxy) is 5. The number of hydroxylamine groups is 2. The van der Waals surface area contributed by atoms with Crippen molar-refractivity contribution in [3.8, 4) is 0 Å². The standard InChI is InChI=1S/C22H44N4O6/c1-3-24-21-31-22-25-8-5-12-27-17-18-28-13-6-9-26(32-14-4-7-23-2)11-16-30-20-19-29-15-10-25/h3,7H,4-6,8-22H2,1-2H3/b23-7?,24-3+. The van der Waals surface area contributed by atoms with Crippen LogP contribution in [0.15, 0.2) is 9.98 Å². The summed E-state index contributed by atoms with van der Waals surface area (Å²) in [6.07, 6.45) is 6.22. The lowest BCUT2D eigenvalue weighted by Gasteiger charge is -2.22. The van der Waals surface area contributed by atoms with Crippen LogP contribution in [0.1, 0.15) is 26.2 Å². The summed E-state index contributed by atoms with van der Waals surface area (Å²) in [5.74, 6) is 0. The average Bonchev–Trinajstić information content (AvgIpc) is 2.80. The van der Waals surface area contributed by atoms with E-state index in [-0.39, 0.29) is 0 Å². The van der Waals surface area contributed by atoms with E-state index < -0.39 is 0 Å². The van der Waals surface area contributed by atoms with Gasteiger partial charge in [0.2, 0.25) is 0 Å². The van der Waals surface area contributed by atoms with Crippen LogP contribution in [-0.2, 0) is 28.5 Å². The van der Waals surface area contributed by atoms with E-state index in [1.807, 2.05) is 18.2 Å². The third-order valence-electron chi connectivity index (χ3n) is 4.57.